The molecule has 3 aromatic rings. The van der Waals surface area contributed by atoms with Gasteiger partial charge in [-0.25, -0.2) is 8.42 Å². The Kier molecular flexibility index (Phi) is 5.85. The molecule has 0 radical (unpaired) electrons. The van der Waals surface area contributed by atoms with E-state index in [0.717, 1.165) is 0 Å². The minimum atomic E-state index is -3.74. The number of benzene rings is 1. The lowest BCUT2D eigenvalue weighted by atomic mass is 10.1. The van der Waals surface area contributed by atoms with Gasteiger partial charge in [0.25, 0.3) is 11.8 Å². The van der Waals surface area contributed by atoms with Gasteiger partial charge in [0.1, 0.15) is 10.6 Å². The zero-order chi connectivity index (χ0) is 22.9. The summed E-state index contributed by atoms with van der Waals surface area (Å²) >= 11 is 0. The normalized spacial score (nSPS) is 15.0. The van der Waals surface area contributed by atoms with Crippen LogP contribution >= 0.6 is 0 Å². The average molecular weight is 458 g/mol. The molecule has 2 amide bonds. The summed E-state index contributed by atoms with van der Waals surface area (Å²) in [7, 11) is -3.74. The van der Waals surface area contributed by atoms with Crippen LogP contribution in [0.5, 0.6) is 0 Å². The van der Waals surface area contributed by atoms with E-state index in [9.17, 15) is 18.0 Å². The highest BCUT2D eigenvalue weighted by Crippen LogP contribution is 2.24. The van der Waals surface area contributed by atoms with Crippen molar-refractivity contribution in [1.29, 1.82) is 0 Å². The maximum Gasteiger partial charge on any atom is 0.291 e. The van der Waals surface area contributed by atoms with Gasteiger partial charge in [0.2, 0.25) is 10.0 Å². The van der Waals surface area contributed by atoms with E-state index < -0.39 is 10.0 Å². The third-order valence-corrected chi connectivity index (χ3v) is 7.37. The third kappa shape index (κ3) is 4.16. The highest BCUT2D eigenvalue weighted by Gasteiger charge is 2.34. The number of piperazine rings is 1. The fourth-order valence-corrected chi connectivity index (χ4v) is 5.30. The van der Waals surface area contributed by atoms with Crippen molar-refractivity contribution < 1.29 is 26.9 Å². The molecule has 10 nitrogen and oxygen atoms in total. The SMILES string of the molecule is Cc1noc(C)c1S(=O)(=O)N1CCN(C(=O)c2ccc(NC(=O)c3ccco3)cc2)CC1. The summed E-state index contributed by atoms with van der Waals surface area (Å²) in [6.07, 6.45) is 1.41. The number of hydrogen-bond acceptors (Lipinski definition) is 7. The largest absolute Gasteiger partial charge is 0.459 e. The minimum Gasteiger partial charge on any atom is -0.459 e. The van der Waals surface area contributed by atoms with E-state index in [1.54, 1.807) is 55.1 Å². The fraction of sp³-hybridized carbons (Fsp3) is 0.286. The smallest absolute Gasteiger partial charge is 0.291 e. The first-order valence-electron chi connectivity index (χ1n) is 9.94. The van der Waals surface area contributed by atoms with Gasteiger partial charge in [0, 0.05) is 37.4 Å². The van der Waals surface area contributed by atoms with E-state index in [4.69, 9.17) is 8.94 Å². The first-order valence-corrected chi connectivity index (χ1v) is 11.4. The maximum atomic E-state index is 12.9. The number of nitrogens with one attached hydrogen (secondary N) is 1. The second kappa shape index (κ2) is 8.60. The van der Waals surface area contributed by atoms with E-state index in [0.29, 0.717) is 16.9 Å². The molecule has 0 atom stereocenters. The Bertz CT molecular complexity index is 1200. The van der Waals surface area contributed by atoms with E-state index in [-0.39, 0.29) is 54.4 Å². The highest BCUT2D eigenvalue weighted by molar-refractivity contribution is 7.89. The Morgan fingerprint density at radius 3 is 2.28 bits per heavy atom. The molecule has 1 aromatic carbocycles. The van der Waals surface area contributed by atoms with Gasteiger partial charge in [0.05, 0.1) is 6.26 Å². The monoisotopic (exact) mass is 458 g/mol. The molecule has 0 unspecified atom stereocenters. The van der Waals surface area contributed by atoms with Gasteiger partial charge >= 0.3 is 0 Å². The Hall–Kier alpha value is -3.44. The molecule has 1 aliphatic heterocycles. The summed E-state index contributed by atoms with van der Waals surface area (Å²) in [6, 6.07) is 9.67. The Balaban J connectivity index is 1.38. The molecule has 1 aliphatic rings. The van der Waals surface area contributed by atoms with Crippen molar-refractivity contribution >= 4 is 27.5 Å². The molecule has 1 N–H and O–H groups in total. The number of sulfonamides is 1. The van der Waals surface area contributed by atoms with Crippen molar-refractivity contribution in [3.8, 4) is 0 Å². The van der Waals surface area contributed by atoms with Crippen LogP contribution in [-0.2, 0) is 10.0 Å². The molecule has 1 saturated heterocycles. The number of carbonyl (C=O) groups excluding carboxylic acids is 2. The van der Waals surface area contributed by atoms with Gasteiger partial charge in [-0.05, 0) is 50.2 Å². The van der Waals surface area contributed by atoms with Crippen LogP contribution in [0.25, 0.3) is 0 Å². The van der Waals surface area contributed by atoms with Crippen LogP contribution in [0, 0.1) is 13.8 Å². The molecule has 0 bridgehead atoms. The molecule has 0 spiro atoms. The fourth-order valence-electron chi connectivity index (χ4n) is 3.58. The van der Waals surface area contributed by atoms with E-state index in [2.05, 4.69) is 10.5 Å². The van der Waals surface area contributed by atoms with Crippen LogP contribution in [0.3, 0.4) is 0 Å². The summed E-state index contributed by atoms with van der Waals surface area (Å²) in [6.45, 7) is 4.03. The molecule has 32 heavy (non-hydrogen) atoms. The Labute approximate surface area is 184 Å². The first-order chi connectivity index (χ1) is 15.3. The number of furan rings is 1. The van der Waals surface area contributed by atoms with Crippen molar-refractivity contribution in [2.24, 2.45) is 0 Å². The number of rotatable bonds is 5. The number of hydrogen-bond donors (Lipinski definition) is 1. The van der Waals surface area contributed by atoms with Crippen LogP contribution in [0.1, 0.15) is 32.4 Å². The van der Waals surface area contributed by atoms with Crippen LogP contribution in [-0.4, -0.2) is 60.8 Å². The Morgan fingerprint density at radius 1 is 1.03 bits per heavy atom. The van der Waals surface area contributed by atoms with E-state index >= 15 is 0 Å². The average Bonchev–Trinajstić information content (AvgIpc) is 3.44. The standard InChI is InChI=1S/C21H22N4O6S/c1-14-19(15(2)31-23-14)32(28,29)25-11-9-24(10-12-25)21(27)16-5-7-17(8-6-16)22-20(26)18-4-3-13-30-18/h3-8,13H,9-12H2,1-2H3,(H,22,26). The second-order valence-corrected chi connectivity index (χ2v) is 9.23. The third-order valence-electron chi connectivity index (χ3n) is 5.23. The molecular formula is C21H22N4O6S. The second-order valence-electron chi connectivity index (χ2n) is 7.36. The number of carbonyl (C=O) groups is 2. The molecular weight excluding hydrogens is 436 g/mol. The van der Waals surface area contributed by atoms with Crippen molar-refractivity contribution in [2.75, 3.05) is 31.5 Å². The summed E-state index contributed by atoms with van der Waals surface area (Å²) in [4.78, 5) is 26.6. The number of aromatic nitrogens is 1. The molecule has 1 fully saturated rings. The number of aryl methyl sites for hydroxylation is 2. The van der Waals surface area contributed by atoms with Crippen molar-refractivity contribution in [3.63, 3.8) is 0 Å². The molecule has 0 saturated carbocycles. The molecule has 2 aromatic heterocycles. The molecule has 0 aliphatic carbocycles. The van der Waals surface area contributed by atoms with Gasteiger partial charge in [-0.3, -0.25) is 9.59 Å². The summed E-state index contributed by atoms with van der Waals surface area (Å²) in [5, 5.41) is 6.41. The summed E-state index contributed by atoms with van der Waals surface area (Å²) in [5.41, 5.74) is 1.29. The van der Waals surface area contributed by atoms with Crippen LogP contribution in [0.15, 0.2) is 56.5 Å². The first kappa shape index (κ1) is 21.8. The Morgan fingerprint density at radius 2 is 1.72 bits per heavy atom. The summed E-state index contributed by atoms with van der Waals surface area (Å²) < 4.78 is 37.2. The van der Waals surface area contributed by atoms with Gasteiger partial charge in [-0.1, -0.05) is 5.16 Å². The molecule has 11 heteroatoms. The van der Waals surface area contributed by atoms with Gasteiger partial charge in [-0.2, -0.15) is 4.31 Å². The van der Waals surface area contributed by atoms with Crippen LogP contribution < -0.4 is 5.32 Å². The van der Waals surface area contributed by atoms with Gasteiger partial charge < -0.3 is 19.2 Å². The predicted molar refractivity (Wildman–Crippen MR) is 114 cm³/mol. The predicted octanol–water partition coefficient (Wildman–Crippen LogP) is 2.28. The highest BCUT2D eigenvalue weighted by atomic mass is 32.2. The maximum absolute atomic E-state index is 12.9. The van der Waals surface area contributed by atoms with Gasteiger partial charge in [-0.15, -0.1) is 0 Å². The van der Waals surface area contributed by atoms with Crippen molar-refractivity contribution in [2.45, 2.75) is 18.7 Å². The zero-order valence-corrected chi connectivity index (χ0v) is 18.4. The van der Waals surface area contributed by atoms with E-state index in [1.165, 1.54) is 10.6 Å². The lowest BCUT2D eigenvalue weighted by Gasteiger charge is -2.34. The van der Waals surface area contributed by atoms with Crippen LogP contribution in [0.4, 0.5) is 5.69 Å². The van der Waals surface area contributed by atoms with Crippen molar-refractivity contribution in [3.05, 3.63) is 65.4 Å². The molecule has 4 rings (SSSR count). The summed E-state index contributed by atoms with van der Waals surface area (Å²) in [5.74, 6) is -0.150. The zero-order valence-electron chi connectivity index (χ0n) is 17.6. The number of amides is 2. The lowest BCUT2D eigenvalue weighted by molar-refractivity contribution is 0.0697. The quantitative estimate of drug-likeness (QED) is 0.622. The topological polar surface area (TPSA) is 126 Å². The number of nitrogens with zero attached hydrogens (tertiary/aromatic N) is 3. The van der Waals surface area contributed by atoms with E-state index in [1.807, 2.05) is 0 Å². The minimum absolute atomic E-state index is 0.0875. The van der Waals surface area contributed by atoms with Crippen molar-refractivity contribution in [1.82, 2.24) is 14.4 Å². The number of anilines is 1. The van der Waals surface area contributed by atoms with Crippen LogP contribution in [0.2, 0.25) is 0 Å². The molecule has 168 valence electrons. The lowest BCUT2D eigenvalue weighted by Crippen LogP contribution is -2.50. The van der Waals surface area contributed by atoms with Gasteiger partial charge in [0.15, 0.2) is 11.5 Å². The molecule has 3 heterocycles.